The highest BCUT2D eigenvalue weighted by atomic mass is 32.2. The van der Waals surface area contributed by atoms with Crippen molar-refractivity contribution in [2.45, 2.75) is 20.3 Å². The predicted octanol–water partition coefficient (Wildman–Crippen LogP) is 1.80. The fourth-order valence-electron chi connectivity index (χ4n) is 0.480. The summed E-state index contributed by atoms with van der Waals surface area (Å²) in [4.78, 5) is 21.2. The molecule has 0 heterocycles. The van der Waals surface area contributed by atoms with E-state index in [1.807, 2.05) is 0 Å². The quantitative estimate of drug-likeness (QED) is 0.606. The molecule has 0 radical (unpaired) electrons. The minimum atomic E-state index is 0.0220. The standard InChI is InChI=1S/C8H12O2S/c1-3-4-8(10)11-6-5-7(2)9/h3-4H,5-6H2,1-2H3/b4-3+. The molecule has 0 aromatic rings. The Labute approximate surface area is 71.1 Å². The van der Waals surface area contributed by atoms with E-state index in [2.05, 4.69) is 0 Å². The first-order chi connectivity index (χ1) is 5.16. The summed E-state index contributed by atoms with van der Waals surface area (Å²) < 4.78 is 0. The molecule has 0 saturated carbocycles. The molecular weight excluding hydrogens is 160 g/mol. The molecule has 0 aromatic carbocycles. The first-order valence-corrected chi connectivity index (χ1v) is 4.44. The van der Waals surface area contributed by atoms with Gasteiger partial charge in [-0.1, -0.05) is 17.8 Å². The SMILES string of the molecule is C/C=C/C(=O)SCCC(C)=O. The highest BCUT2D eigenvalue weighted by Gasteiger charge is 1.98. The van der Waals surface area contributed by atoms with E-state index >= 15 is 0 Å². The van der Waals surface area contributed by atoms with Crippen molar-refractivity contribution >= 4 is 22.7 Å². The van der Waals surface area contributed by atoms with Crippen LogP contribution in [0.15, 0.2) is 12.2 Å². The normalized spacial score (nSPS) is 10.4. The van der Waals surface area contributed by atoms with Gasteiger partial charge in [0.25, 0.3) is 0 Å². The Kier molecular flexibility index (Phi) is 5.84. The number of hydrogen-bond donors (Lipinski definition) is 0. The van der Waals surface area contributed by atoms with Gasteiger partial charge in [0.1, 0.15) is 5.78 Å². The minimum Gasteiger partial charge on any atom is -0.300 e. The van der Waals surface area contributed by atoms with Gasteiger partial charge in [-0.25, -0.2) is 0 Å². The van der Waals surface area contributed by atoms with Crippen molar-refractivity contribution in [2.24, 2.45) is 0 Å². The predicted molar refractivity (Wildman–Crippen MR) is 47.6 cm³/mol. The molecule has 11 heavy (non-hydrogen) atoms. The molecule has 0 bridgehead atoms. The topological polar surface area (TPSA) is 34.1 Å². The molecule has 0 aromatic heterocycles. The maximum Gasteiger partial charge on any atom is 0.211 e. The van der Waals surface area contributed by atoms with Crippen molar-refractivity contribution in [3.63, 3.8) is 0 Å². The van der Waals surface area contributed by atoms with E-state index in [0.29, 0.717) is 12.2 Å². The average Bonchev–Trinajstić information content (AvgIpc) is 1.87. The summed E-state index contributed by atoms with van der Waals surface area (Å²) in [6, 6.07) is 0. The molecule has 0 fully saturated rings. The average molecular weight is 172 g/mol. The number of allylic oxidation sites excluding steroid dienone is 1. The fourth-order valence-corrected chi connectivity index (χ4v) is 1.30. The van der Waals surface area contributed by atoms with Crippen LogP contribution in [0.2, 0.25) is 0 Å². The summed E-state index contributed by atoms with van der Waals surface area (Å²) in [5.74, 6) is 0.726. The first kappa shape index (κ1) is 10.4. The highest BCUT2D eigenvalue weighted by molar-refractivity contribution is 8.14. The molecule has 0 aliphatic carbocycles. The lowest BCUT2D eigenvalue weighted by Gasteiger charge is -1.92. The van der Waals surface area contributed by atoms with E-state index in [1.165, 1.54) is 24.8 Å². The molecule has 0 N–H and O–H groups in total. The minimum absolute atomic E-state index is 0.0220. The van der Waals surface area contributed by atoms with Crippen LogP contribution in [-0.4, -0.2) is 16.7 Å². The van der Waals surface area contributed by atoms with Gasteiger partial charge in [0, 0.05) is 12.2 Å². The Morgan fingerprint density at radius 3 is 2.55 bits per heavy atom. The van der Waals surface area contributed by atoms with Gasteiger partial charge in [-0.3, -0.25) is 9.59 Å². The third kappa shape index (κ3) is 7.33. The number of hydrogen-bond acceptors (Lipinski definition) is 3. The van der Waals surface area contributed by atoms with Crippen LogP contribution in [0.5, 0.6) is 0 Å². The van der Waals surface area contributed by atoms with E-state index in [0.717, 1.165) is 0 Å². The van der Waals surface area contributed by atoms with Crippen molar-refractivity contribution < 1.29 is 9.59 Å². The Morgan fingerprint density at radius 1 is 1.45 bits per heavy atom. The molecule has 2 nitrogen and oxygen atoms in total. The largest absolute Gasteiger partial charge is 0.300 e. The van der Waals surface area contributed by atoms with Crippen LogP contribution < -0.4 is 0 Å². The summed E-state index contributed by atoms with van der Waals surface area (Å²) in [6.45, 7) is 3.32. The van der Waals surface area contributed by atoms with Gasteiger partial charge in [-0.05, 0) is 19.9 Å². The van der Waals surface area contributed by atoms with E-state index in [4.69, 9.17) is 0 Å². The lowest BCUT2D eigenvalue weighted by molar-refractivity contribution is -0.116. The zero-order valence-corrected chi connectivity index (χ0v) is 7.61. The number of ketones is 1. The fraction of sp³-hybridized carbons (Fsp3) is 0.500. The molecule has 0 amide bonds. The second-order valence-electron chi connectivity index (χ2n) is 2.12. The molecular formula is C8H12O2S. The molecule has 0 unspecified atom stereocenters. The molecule has 0 spiro atoms. The number of carbonyl (C=O) groups is 2. The molecule has 0 aliphatic rings. The zero-order chi connectivity index (χ0) is 8.69. The summed E-state index contributed by atoms with van der Waals surface area (Å²) in [6.07, 6.45) is 3.68. The van der Waals surface area contributed by atoms with Gasteiger partial charge in [-0.2, -0.15) is 0 Å². The summed E-state index contributed by atoms with van der Waals surface area (Å²) in [5, 5.41) is 0.0220. The van der Waals surface area contributed by atoms with E-state index in [9.17, 15) is 9.59 Å². The Morgan fingerprint density at radius 2 is 2.09 bits per heavy atom. The molecule has 0 aliphatic heterocycles. The second kappa shape index (κ2) is 6.16. The van der Waals surface area contributed by atoms with Gasteiger partial charge in [-0.15, -0.1) is 0 Å². The van der Waals surface area contributed by atoms with Crippen molar-refractivity contribution in [2.75, 3.05) is 5.75 Å². The first-order valence-electron chi connectivity index (χ1n) is 3.45. The molecule has 0 atom stereocenters. The van der Waals surface area contributed by atoms with Crippen molar-refractivity contribution in [3.05, 3.63) is 12.2 Å². The van der Waals surface area contributed by atoms with Crippen LogP contribution in [0.3, 0.4) is 0 Å². The van der Waals surface area contributed by atoms with Crippen LogP contribution in [-0.2, 0) is 9.59 Å². The van der Waals surface area contributed by atoms with Crippen molar-refractivity contribution in [1.82, 2.24) is 0 Å². The monoisotopic (exact) mass is 172 g/mol. The van der Waals surface area contributed by atoms with Crippen LogP contribution in [0, 0.1) is 0 Å². The second-order valence-corrected chi connectivity index (χ2v) is 3.22. The maximum absolute atomic E-state index is 10.8. The summed E-state index contributed by atoms with van der Waals surface area (Å²) >= 11 is 1.18. The molecule has 62 valence electrons. The number of Topliss-reactive ketones (excluding diaryl/α,β-unsaturated/α-hetero) is 1. The van der Waals surface area contributed by atoms with E-state index in [-0.39, 0.29) is 10.9 Å². The van der Waals surface area contributed by atoms with Crippen LogP contribution in [0.1, 0.15) is 20.3 Å². The molecule has 0 saturated heterocycles. The van der Waals surface area contributed by atoms with E-state index < -0.39 is 0 Å². The van der Waals surface area contributed by atoms with Gasteiger partial charge in [0.05, 0.1) is 0 Å². The van der Waals surface area contributed by atoms with Crippen LogP contribution in [0.25, 0.3) is 0 Å². The van der Waals surface area contributed by atoms with Crippen LogP contribution in [0.4, 0.5) is 0 Å². The maximum atomic E-state index is 10.8. The molecule has 0 rings (SSSR count). The highest BCUT2D eigenvalue weighted by Crippen LogP contribution is 2.04. The van der Waals surface area contributed by atoms with Gasteiger partial charge >= 0.3 is 0 Å². The lowest BCUT2D eigenvalue weighted by Crippen LogP contribution is -1.94. The smallest absolute Gasteiger partial charge is 0.211 e. The van der Waals surface area contributed by atoms with Crippen molar-refractivity contribution in [1.29, 1.82) is 0 Å². The summed E-state index contributed by atoms with van der Waals surface area (Å²) in [7, 11) is 0. The Hall–Kier alpha value is -0.570. The van der Waals surface area contributed by atoms with Gasteiger partial charge < -0.3 is 0 Å². The third-order valence-corrected chi connectivity index (χ3v) is 1.83. The van der Waals surface area contributed by atoms with Crippen LogP contribution >= 0.6 is 11.8 Å². The number of carbonyl (C=O) groups excluding carboxylic acids is 2. The van der Waals surface area contributed by atoms with Gasteiger partial charge in [0.2, 0.25) is 5.12 Å². The Balaban J connectivity index is 3.39. The third-order valence-electron chi connectivity index (χ3n) is 1.00. The number of thioether (sulfide) groups is 1. The van der Waals surface area contributed by atoms with Gasteiger partial charge in [0.15, 0.2) is 0 Å². The van der Waals surface area contributed by atoms with Crippen molar-refractivity contribution in [3.8, 4) is 0 Å². The lowest BCUT2D eigenvalue weighted by atomic mass is 10.4. The van der Waals surface area contributed by atoms with E-state index in [1.54, 1.807) is 13.0 Å². The Bertz CT molecular complexity index is 173. The zero-order valence-electron chi connectivity index (χ0n) is 6.79. The number of rotatable bonds is 4. The summed E-state index contributed by atoms with van der Waals surface area (Å²) in [5.41, 5.74) is 0. The molecule has 3 heteroatoms.